The summed E-state index contributed by atoms with van der Waals surface area (Å²) in [6.45, 7) is 1.81. The van der Waals surface area contributed by atoms with E-state index in [2.05, 4.69) is 4.98 Å². The maximum Gasteiger partial charge on any atom is 0.265 e. The molecular formula is C14H10ClN2O2+. The van der Waals surface area contributed by atoms with Gasteiger partial charge in [0, 0.05) is 12.3 Å². The number of hydrogen-bond acceptors (Lipinski definition) is 3. The second kappa shape index (κ2) is 3.96. The molecule has 94 valence electrons. The third-order valence-electron chi connectivity index (χ3n) is 3.32. The smallest absolute Gasteiger partial charge is 0.265 e. The second-order valence-corrected chi connectivity index (χ2v) is 4.92. The largest absolute Gasteiger partial charge is 0.287 e. The minimum atomic E-state index is -0.256. The predicted octanol–water partition coefficient (Wildman–Crippen LogP) is 1.64. The van der Waals surface area contributed by atoms with Crippen LogP contribution in [0.5, 0.6) is 0 Å². The van der Waals surface area contributed by atoms with Crippen molar-refractivity contribution >= 4 is 23.2 Å². The molecule has 2 aromatic rings. The van der Waals surface area contributed by atoms with Crippen LogP contribution in [0.15, 0.2) is 24.5 Å². The Bertz CT molecular complexity index is 753. The second-order valence-electron chi connectivity index (χ2n) is 4.51. The average molecular weight is 274 g/mol. The first kappa shape index (κ1) is 12.0. The van der Waals surface area contributed by atoms with E-state index >= 15 is 0 Å². The summed E-state index contributed by atoms with van der Waals surface area (Å²) in [6, 6.07) is 3.33. The van der Waals surface area contributed by atoms with Crippen molar-refractivity contribution < 1.29 is 14.2 Å². The zero-order chi connectivity index (χ0) is 13.7. The van der Waals surface area contributed by atoms with Crippen molar-refractivity contribution in [2.75, 3.05) is 0 Å². The average Bonchev–Trinajstić information content (AvgIpc) is 2.38. The highest BCUT2D eigenvalue weighted by atomic mass is 35.5. The summed E-state index contributed by atoms with van der Waals surface area (Å²) < 4.78 is 1.65. The number of rotatable bonds is 0. The Hall–Kier alpha value is -2.07. The first-order valence-electron chi connectivity index (χ1n) is 5.75. The number of aryl methyl sites for hydroxylation is 2. The number of hydrogen-bond donors (Lipinski definition) is 0. The van der Waals surface area contributed by atoms with Crippen molar-refractivity contribution in [3.8, 4) is 0 Å². The van der Waals surface area contributed by atoms with Crippen molar-refractivity contribution in [3.63, 3.8) is 0 Å². The third kappa shape index (κ3) is 1.53. The van der Waals surface area contributed by atoms with Crippen LogP contribution in [0.1, 0.15) is 37.7 Å². The van der Waals surface area contributed by atoms with Gasteiger partial charge >= 0.3 is 0 Å². The van der Waals surface area contributed by atoms with Crippen LogP contribution in [0.25, 0.3) is 0 Å². The van der Waals surface area contributed by atoms with E-state index in [0.29, 0.717) is 11.3 Å². The van der Waals surface area contributed by atoms with E-state index < -0.39 is 0 Å². The van der Waals surface area contributed by atoms with E-state index in [1.54, 1.807) is 30.8 Å². The molecule has 2 heterocycles. The van der Waals surface area contributed by atoms with Crippen LogP contribution in [-0.4, -0.2) is 16.6 Å². The van der Waals surface area contributed by atoms with E-state index in [0.717, 1.165) is 5.56 Å². The molecule has 1 aliphatic carbocycles. The van der Waals surface area contributed by atoms with E-state index in [1.165, 1.54) is 12.3 Å². The number of carbonyl (C=O) groups is 2. The van der Waals surface area contributed by atoms with Crippen molar-refractivity contribution in [1.82, 2.24) is 4.98 Å². The molecule has 5 heteroatoms. The van der Waals surface area contributed by atoms with Gasteiger partial charge in [-0.15, -0.1) is 0 Å². The zero-order valence-corrected chi connectivity index (χ0v) is 11.2. The molecule has 2 aromatic heterocycles. The van der Waals surface area contributed by atoms with Gasteiger partial charge < -0.3 is 0 Å². The van der Waals surface area contributed by atoms with Crippen LogP contribution in [0, 0.1) is 6.92 Å². The van der Waals surface area contributed by atoms with Gasteiger partial charge in [0.1, 0.15) is 18.3 Å². The predicted molar refractivity (Wildman–Crippen MR) is 68.5 cm³/mol. The molecule has 4 nitrogen and oxygen atoms in total. The van der Waals surface area contributed by atoms with E-state index in [-0.39, 0.29) is 27.8 Å². The molecule has 3 rings (SSSR count). The molecule has 0 atom stereocenters. The van der Waals surface area contributed by atoms with Crippen molar-refractivity contribution in [1.29, 1.82) is 0 Å². The monoisotopic (exact) mass is 273 g/mol. The van der Waals surface area contributed by atoms with Crippen molar-refractivity contribution in [2.24, 2.45) is 7.05 Å². The Kier molecular flexibility index (Phi) is 2.50. The van der Waals surface area contributed by atoms with Gasteiger partial charge in [-0.1, -0.05) is 11.6 Å². The standard InChI is InChI=1S/C14H10ClN2O2/c1-7-4-6-17(2)12-9(7)13(18)11-10(14(12)19)8(15)3-5-16-11/h3-6H,1-2H3/q+1. The lowest BCUT2D eigenvalue weighted by molar-refractivity contribution is -0.673. The number of nitrogens with zero attached hydrogens (tertiary/aromatic N) is 2. The Labute approximate surface area is 114 Å². The van der Waals surface area contributed by atoms with Gasteiger partial charge in [0.25, 0.3) is 11.5 Å². The molecule has 0 fully saturated rings. The maximum atomic E-state index is 12.5. The van der Waals surface area contributed by atoms with Crippen LogP contribution in [0.3, 0.4) is 0 Å². The lowest BCUT2D eigenvalue weighted by Gasteiger charge is -2.16. The van der Waals surface area contributed by atoms with E-state index in [1.807, 2.05) is 0 Å². The Morgan fingerprint density at radius 3 is 2.63 bits per heavy atom. The number of carbonyl (C=O) groups excluding carboxylic acids is 2. The quantitative estimate of drug-likeness (QED) is 0.585. The van der Waals surface area contributed by atoms with Crippen LogP contribution in [0.4, 0.5) is 0 Å². The molecule has 0 amide bonds. The highest BCUT2D eigenvalue weighted by Crippen LogP contribution is 2.29. The molecule has 0 unspecified atom stereocenters. The summed E-state index contributed by atoms with van der Waals surface area (Å²) in [4.78, 5) is 29.1. The fourth-order valence-corrected chi connectivity index (χ4v) is 2.60. The van der Waals surface area contributed by atoms with Gasteiger partial charge in [0.15, 0.2) is 6.20 Å². The minimum Gasteiger partial charge on any atom is -0.287 e. The molecular weight excluding hydrogens is 264 g/mol. The molecule has 1 aliphatic rings. The van der Waals surface area contributed by atoms with E-state index in [9.17, 15) is 9.59 Å². The third-order valence-corrected chi connectivity index (χ3v) is 3.63. The molecule has 0 N–H and O–H groups in total. The molecule has 0 saturated heterocycles. The summed E-state index contributed by atoms with van der Waals surface area (Å²) in [7, 11) is 1.73. The van der Waals surface area contributed by atoms with Gasteiger partial charge in [0.05, 0.1) is 10.6 Å². The van der Waals surface area contributed by atoms with Gasteiger partial charge in [-0.05, 0) is 18.6 Å². The maximum absolute atomic E-state index is 12.5. The summed E-state index contributed by atoms with van der Waals surface area (Å²) >= 11 is 6.04. The van der Waals surface area contributed by atoms with Gasteiger partial charge in [-0.25, -0.2) is 0 Å². The number of ketones is 2. The molecule has 19 heavy (non-hydrogen) atoms. The SMILES string of the molecule is Cc1cc[n+](C)c2c1C(=O)c1nccc(Cl)c1C2=O. The zero-order valence-electron chi connectivity index (χ0n) is 10.4. The fourth-order valence-electron chi connectivity index (χ4n) is 2.37. The molecule has 0 bridgehead atoms. The van der Waals surface area contributed by atoms with Crippen molar-refractivity contribution in [3.05, 3.63) is 57.6 Å². The molecule has 0 aromatic carbocycles. The van der Waals surface area contributed by atoms with Crippen LogP contribution >= 0.6 is 11.6 Å². The lowest BCUT2D eigenvalue weighted by atomic mass is 9.88. The van der Waals surface area contributed by atoms with Gasteiger partial charge in [0.2, 0.25) is 5.78 Å². The topological polar surface area (TPSA) is 50.9 Å². The highest BCUT2D eigenvalue weighted by Gasteiger charge is 2.39. The first-order chi connectivity index (χ1) is 9.02. The number of aromatic nitrogens is 2. The summed E-state index contributed by atoms with van der Waals surface area (Å²) in [5.74, 6) is -0.505. The Morgan fingerprint density at radius 1 is 1.16 bits per heavy atom. The fraction of sp³-hybridized carbons (Fsp3) is 0.143. The molecule has 0 saturated carbocycles. The number of fused-ring (bicyclic) bond motifs is 2. The molecule has 0 spiro atoms. The van der Waals surface area contributed by atoms with Crippen LogP contribution in [-0.2, 0) is 7.05 Å². The van der Waals surface area contributed by atoms with Gasteiger partial charge in [-0.3, -0.25) is 14.6 Å². The first-order valence-corrected chi connectivity index (χ1v) is 6.13. The summed E-state index contributed by atoms with van der Waals surface area (Å²) in [5.41, 5.74) is 1.88. The van der Waals surface area contributed by atoms with Gasteiger partial charge in [-0.2, -0.15) is 4.57 Å². The van der Waals surface area contributed by atoms with Crippen LogP contribution in [0.2, 0.25) is 5.02 Å². The Balaban J connectivity index is 2.43. The lowest BCUT2D eigenvalue weighted by Crippen LogP contribution is -2.41. The summed E-state index contributed by atoms with van der Waals surface area (Å²) in [5, 5.41) is 0.260. The molecule has 0 radical (unpaired) electrons. The summed E-state index contributed by atoms with van der Waals surface area (Å²) in [6.07, 6.45) is 3.20. The number of halogens is 1. The van der Waals surface area contributed by atoms with Crippen molar-refractivity contribution in [2.45, 2.75) is 6.92 Å². The molecule has 0 aliphatic heterocycles. The van der Waals surface area contributed by atoms with E-state index in [4.69, 9.17) is 11.6 Å². The highest BCUT2D eigenvalue weighted by molar-refractivity contribution is 6.38. The Morgan fingerprint density at radius 2 is 1.89 bits per heavy atom. The van der Waals surface area contributed by atoms with Crippen LogP contribution < -0.4 is 4.57 Å². The number of pyridine rings is 2. The minimum absolute atomic E-state index is 0.138. The normalized spacial score (nSPS) is 13.2.